The summed E-state index contributed by atoms with van der Waals surface area (Å²) in [5, 5.41) is 11.8. The summed E-state index contributed by atoms with van der Waals surface area (Å²) in [5.74, 6) is -1.01. The summed E-state index contributed by atoms with van der Waals surface area (Å²) in [4.78, 5) is 17.1. The van der Waals surface area contributed by atoms with Gasteiger partial charge in [0.15, 0.2) is 11.6 Å². The molecule has 0 saturated carbocycles. The quantitative estimate of drug-likeness (QED) is 0.766. The van der Waals surface area contributed by atoms with Gasteiger partial charge >= 0.3 is 0 Å². The van der Waals surface area contributed by atoms with Crippen LogP contribution in [0.4, 0.5) is 16.0 Å². The number of hydrogen-bond donors (Lipinski definition) is 3. The van der Waals surface area contributed by atoms with Crippen molar-refractivity contribution in [3.63, 3.8) is 0 Å². The van der Waals surface area contributed by atoms with Gasteiger partial charge in [0.2, 0.25) is 11.8 Å². The monoisotopic (exact) mass is 251 g/mol. The molecule has 1 heterocycles. The molecule has 0 saturated heterocycles. The second-order valence-electron chi connectivity index (χ2n) is 3.40. The fraction of sp³-hybridized carbons (Fsp3) is 0.0909. The number of H-pyrrole nitrogens is 1. The lowest BCUT2D eigenvalue weighted by Crippen LogP contribution is -2.09. The molecule has 0 bridgehead atoms. The zero-order valence-electron chi connectivity index (χ0n) is 9.40. The molecule has 0 aliphatic rings. The highest BCUT2D eigenvalue weighted by Gasteiger charge is 2.10. The number of ether oxygens (including phenoxy) is 1. The van der Waals surface area contributed by atoms with Crippen LogP contribution in [0.2, 0.25) is 0 Å². The minimum atomic E-state index is -0.551. The van der Waals surface area contributed by atoms with Crippen LogP contribution in [-0.2, 0) is 0 Å². The number of methoxy groups -OCH3 is 1. The minimum absolute atomic E-state index is 0.0103. The number of nitrogens with zero attached hydrogens (tertiary/aromatic N) is 1. The summed E-state index contributed by atoms with van der Waals surface area (Å²) in [6.07, 6.45) is 0. The SMILES string of the molecule is COc1c(F)cccc1Nc1nc(O)cc(=O)[nH]1. The van der Waals surface area contributed by atoms with Crippen LogP contribution in [0.15, 0.2) is 29.1 Å². The topological polar surface area (TPSA) is 87.2 Å². The number of anilines is 2. The third-order valence-corrected chi connectivity index (χ3v) is 2.15. The highest BCUT2D eigenvalue weighted by molar-refractivity contribution is 5.62. The van der Waals surface area contributed by atoms with Crippen molar-refractivity contribution < 1.29 is 14.2 Å². The molecule has 0 fully saturated rings. The maximum Gasteiger partial charge on any atom is 0.256 e. The smallest absolute Gasteiger partial charge is 0.256 e. The van der Waals surface area contributed by atoms with Crippen molar-refractivity contribution in [2.45, 2.75) is 0 Å². The molecule has 2 aromatic rings. The van der Waals surface area contributed by atoms with Gasteiger partial charge in [-0.05, 0) is 12.1 Å². The van der Waals surface area contributed by atoms with Crippen LogP contribution in [-0.4, -0.2) is 22.2 Å². The van der Waals surface area contributed by atoms with E-state index in [2.05, 4.69) is 15.3 Å². The average molecular weight is 251 g/mol. The van der Waals surface area contributed by atoms with Gasteiger partial charge in [0.1, 0.15) is 0 Å². The lowest BCUT2D eigenvalue weighted by atomic mass is 10.3. The number of aromatic hydroxyl groups is 1. The van der Waals surface area contributed by atoms with E-state index in [1.807, 2.05) is 0 Å². The van der Waals surface area contributed by atoms with Crippen molar-refractivity contribution in [2.24, 2.45) is 0 Å². The number of nitrogens with one attached hydrogen (secondary N) is 2. The first-order chi connectivity index (χ1) is 8.60. The number of aromatic amines is 1. The average Bonchev–Trinajstić information content (AvgIpc) is 2.27. The Hall–Kier alpha value is -2.57. The standard InChI is InChI=1S/C11H10FN3O3/c1-18-10-6(12)3-2-4-7(10)13-11-14-8(16)5-9(17)15-11/h2-5H,1H3,(H3,13,14,15,16,17). The summed E-state index contributed by atoms with van der Waals surface area (Å²) >= 11 is 0. The van der Waals surface area contributed by atoms with Crippen molar-refractivity contribution in [3.8, 4) is 11.6 Å². The zero-order chi connectivity index (χ0) is 13.1. The van der Waals surface area contributed by atoms with Gasteiger partial charge in [-0.2, -0.15) is 4.98 Å². The molecule has 0 aliphatic carbocycles. The van der Waals surface area contributed by atoms with E-state index in [9.17, 15) is 14.3 Å². The van der Waals surface area contributed by atoms with Crippen LogP contribution in [0.1, 0.15) is 0 Å². The van der Waals surface area contributed by atoms with Crippen molar-refractivity contribution in [2.75, 3.05) is 12.4 Å². The van der Waals surface area contributed by atoms with Crippen LogP contribution < -0.4 is 15.6 Å². The maximum absolute atomic E-state index is 13.4. The van der Waals surface area contributed by atoms with E-state index in [0.29, 0.717) is 0 Å². The first kappa shape index (κ1) is 11.9. The Morgan fingerprint density at radius 3 is 2.94 bits per heavy atom. The van der Waals surface area contributed by atoms with Crippen molar-refractivity contribution in [1.82, 2.24) is 9.97 Å². The summed E-state index contributed by atoms with van der Waals surface area (Å²) < 4.78 is 18.3. The van der Waals surface area contributed by atoms with Gasteiger partial charge in [0.25, 0.3) is 5.56 Å². The number of para-hydroxylation sites is 1. The number of rotatable bonds is 3. The fourth-order valence-electron chi connectivity index (χ4n) is 1.45. The Morgan fingerprint density at radius 1 is 1.50 bits per heavy atom. The first-order valence-corrected chi connectivity index (χ1v) is 5.00. The number of hydrogen-bond acceptors (Lipinski definition) is 5. The molecule has 2 rings (SSSR count). The van der Waals surface area contributed by atoms with Gasteiger partial charge in [0, 0.05) is 0 Å². The van der Waals surface area contributed by atoms with Crippen molar-refractivity contribution >= 4 is 11.6 Å². The highest BCUT2D eigenvalue weighted by atomic mass is 19.1. The summed E-state index contributed by atoms with van der Waals surface area (Å²) in [6.45, 7) is 0. The Labute approximate surface area is 101 Å². The Balaban J connectivity index is 2.39. The first-order valence-electron chi connectivity index (χ1n) is 5.00. The number of halogens is 1. The molecule has 1 aromatic heterocycles. The maximum atomic E-state index is 13.4. The summed E-state index contributed by atoms with van der Waals surface area (Å²) in [7, 11) is 1.32. The van der Waals surface area contributed by atoms with Gasteiger partial charge in [-0.25, -0.2) is 4.39 Å². The molecule has 0 spiro atoms. The summed E-state index contributed by atoms with van der Waals surface area (Å²) in [6, 6.07) is 5.18. The lowest BCUT2D eigenvalue weighted by molar-refractivity contribution is 0.388. The van der Waals surface area contributed by atoms with Crippen LogP contribution >= 0.6 is 0 Å². The third kappa shape index (κ3) is 2.40. The molecule has 7 heteroatoms. The van der Waals surface area contributed by atoms with E-state index >= 15 is 0 Å². The summed E-state index contributed by atoms with van der Waals surface area (Å²) in [5.41, 5.74) is -0.244. The molecular formula is C11H10FN3O3. The van der Waals surface area contributed by atoms with Gasteiger partial charge in [-0.1, -0.05) is 6.07 Å². The normalized spacial score (nSPS) is 10.1. The van der Waals surface area contributed by atoms with E-state index in [4.69, 9.17) is 4.74 Å². The van der Waals surface area contributed by atoms with E-state index in [1.54, 1.807) is 6.07 Å². The van der Waals surface area contributed by atoms with Gasteiger partial charge in [0.05, 0.1) is 18.9 Å². The zero-order valence-corrected chi connectivity index (χ0v) is 9.40. The molecule has 0 aliphatic heterocycles. The molecule has 0 amide bonds. The van der Waals surface area contributed by atoms with E-state index in [1.165, 1.54) is 19.2 Å². The van der Waals surface area contributed by atoms with Gasteiger partial charge in [-0.3, -0.25) is 9.78 Å². The molecule has 94 valence electrons. The van der Waals surface area contributed by atoms with E-state index in [0.717, 1.165) is 6.07 Å². The Bertz CT molecular complexity index is 627. The minimum Gasteiger partial charge on any atom is -0.493 e. The molecule has 0 atom stereocenters. The molecule has 6 nitrogen and oxygen atoms in total. The van der Waals surface area contributed by atoms with Crippen LogP contribution in [0.3, 0.4) is 0 Å². The van der Waals surface area contributed by atoms with E-state index in [-0.39, 0.29) is 17.4 Å². The molecule has 1 aromatic carbocycles. The van der Waals surface area contributed by atoms with E-state index < -0.39 is 17.3 Å². The second-order valence-corrected chi connectivity index (χ2v) is 3.40. The van der Waals surface area contributed by atoms with Crippen molar-refractivity contribution in [1.29, 1.82) is 0 Å². The largest absolute Gasteiger partial charge is 0.493 e. The second kappa shape index (κ2) is 4.74. The third-order valence-electron chi connectivity index (χ3n) is 2.15. The number of benzene rings is 1. The molecule has 0 unspecified atom stereocenters. The van der Waals surface area contributed by atoms with Crippen LogP contribution in [0, 0.1) is 5.82 Å². The molecular weight excluding hydrogens is 241 g/mol. The molecule has 18 heavy (non-hydrogen) atoms. The Morgan fingerprint density at radius 2 is 2.28 bits per heavy atom. The van der Waals surface area contributed by atoms with Gasteiger partial charge in [-0.15, -0.1) is 0 Å². The van der Waals surface area contributed by atoms with Crippen LogP contribution in [0.25, 0.3) is 0 Å². The fourth-order valence-corrected chi connectivity index (χ4v) is 1.45. The van der Waals surface area contributed by atoms with Crippen LogP contribution in [0.5, 0.6) is 11.6 Å². The molecule has 3 N–H and O–H groups in total. The number of aromatic nitrogens is 2. The highest BCUT2D eigenvalue weighted by Crippen LogP contribution is 2.28. The van der Waals surface area contributed by atoms with Crippen molar-refractivity contribution in [3.05, 3.63) is 40.4 Å². The lowest BCUT2D eigenvalue weighted by Gasteiger charge is -2.10. The molecule has 0 radical (unpaired) electrons. The predicted octanol–water partition coefficient (Wildman–Crippen LogP) is 1.37. The predicted molar refractivity (Wildman–Crippen MR) is 62.8 cm³/mol. The Kier molecular flexibility index (Phi) is 3.13. The van der Waals surface area contributed by atoms with Gasteiger partial charge < -0.3 is 15.2 Å².